The summed E-state index contributed by atoms with van der Waals surface area (Å²) in [4.78, 5) is 80.4. The summed E-state index contributed by atoms with van der Waals surface area (Å²) in [5.74, 6) is -6.14. The fourth-order valence-electron chi connectivity index (χ4n) is 5.30. The van der Waals surface area contributed by atoms with Crippen molar-refractivity contribution in [1.82, 2.24) is 31.9 Å². The number of aliphatic hydroxyl groups excluding tert-OH is 3. The summed E-state index contributed by atoms with van der Waals surface area (Å²) >= 11 is 0. The smallest absolute Gasteiger partial charge is 0.379 e. The third kappa shape index (κ3) is 16.6. The maximum absolute atomic E-state index is 13.8. The Labute approximate surface area is 317 Å². The van der Waals surface area contributed by atoms with Crippen LogP contribution in [0.1, 0.15) is 64.9 Å². The summed E-state index contributed by atoms with van der Waals surface area (Å²) in [6, 6.07) is 3.40. The molecule has 0 saturated carbocycles. The SMILES string of the molecule is CC(O)=[N+](O)CCCC1NC(=O)[C@H](CCC[N+](O)=C(C)O)NC(=O)CNC(=O)[C@@H](Cc2ccccc2)NC(=O)CNC(=O)[C@H](CCC[N+](O)=C(C)O)NC1=O. The van der Waals surface area contributed by atoms with E-state index < -0.39 is 90.4 Å². The number of carbonyl (C=O) groups excluding carboxylic acids is 6. The van der Waals surface area contributed by atoms with E-state index >= 15 is 0 Å². The molecule has 55 heavy (non-hydrogen) atoms. The Morgan fingerprint density at radius 2 is 0.891 bits per heavy atom. The second-order valence-electron chi connectivity index (χ2n) is 12.9. The molecule has 1 aromatic carbocycles. The topological polar surface area (TPSA) is 305 Å². The minimum atomic E-state index is -1.39. The third-order valence-electron chi connectivity index (χ3n) is 8.41. The van der Waals surface area contributed by atoms with Crippen LogP contribution in [0.2, 0.25) is 0 Å². The van der Waals surface area contributed by atoms with Gasteiger partial charge in [0.15, 0.2) is 19.6 Å². The van der Waals surface area contributed by atoms with Crippen LogP contribution >= 0.6 is 0 Å². The molecular weight excluding hydrogens is 726 g/mol. The lowest BCUT2D eigenvalue weighted by atomic mass is 10.0. The van der Waals surface area contributed by atoms with Crippen LogP contribution in [0.3, 0.4) is 0 Å². The summed E-state index contributed by atoms with van der Waals surface area (Å²) < 4.78 is 1.58. The van der Waals surface area contributed by atoms with Gasteiger partial charge in [-0.15, -0.1) is 0 Å². The molecule has 1 fully saturated rings. The van der Waals surface area contributed by atoms with Crippen molar-refractivity contribution in [3.05, 3.63) is 35.9 Å². The summed E-state index contributed by atoms with van der Waals surface area (Å²) in [7, 11) is 0. The van der Waals surface area contributed by atoms with Crippen LogP contribution in [0.15, 0.2) is 30.3 Å². The van der Waals surface area contributed by atoms with Crippen molar-refractivity contribution in [2.24, 2.45) is 0 Å². The molecular formula is C34H54N9O12+3. The van der Waals surface area contributed by atoms with Crippen LogP contribution in [0.4, 0.5) is 0 Å². The second kappa shape index (κ2) is 22.8. The fraction of sp³-hybridized carbons (Fsp3) is 0.559. The van der Waals surface area contributed by atoms with Gasteiger partial charge >= 0.3 is 17.7 Å². The molecule has 1 aromatic rings. The summed E-state index contributed by atoms with van der Waals surface area (Å²) in [5.41, 5.74) is 0.672. The van der Waals surface area contributed by atoms with Gasteiger partial charge < -0.3 is 47.2 Å². The van der Waals surface area contributed by atoms with E-state index in [4.69, 9.17) is 0 Å². The highest BCUT2D eigenvalue weighted by molar-refractivity contribution is 5.96. The van der Waals surface area contributed by atoms with Gasteiger partial charge in [0.05, 0.1) is 33.9 Å². The second-order valence-corrected chi connectivity index (χ2v) is 12.9. The molecule has 6 amide bonds. The average molecular weight is 781 g/mol. The van der Waals surface area contributed by atoms with Gasteiger partial charge in [0.25, 0.3) is 0 Å². The molecule has 1 aliphatic rings. The zero-order chi connectivity index (χ0) is 41.1. The monoisotopic (exact) mass is 780 g/mol. The van der Waals surface area contributed by atoms with Gasteiger partial charge in [0, 0.05) is 39.9 Å². The predicted molar refractivity (Wildman–Crippen MR) is 192 cm³/mol. The molecule has 0 spiro atoms. The number of benzene rings is 1. The first kappa shape index (κ1) is 45.0. The molecule has 21 heteroatoms. The van der Waals surface area contributed by atoms with Crippen molar-refractivity contribution < 1.29 is 73.9 Å². The highest BCUT2D eigenvalue weighted by atomic mass is 16.5. The molecule has 2 rings (SSSR count). The van der Waals surface area contributed by atoms with Crippen molar-refractivity contribution >= 4 is 53.1 Å². The largest absolute Gasteiger partial charge is 0.461 e. The molecule has 1 heterocycles. The zero-order valence-corrected chi connectivity index (χ0v) is 31.2. The van der Waals surface area contributed by atoms with Gasteiger partial charge in [-0.05, 0) is 24.8 Å². The van der Waals surface area contributed by atoms with E-state index in [-0.39, 0.29) is 64.6 Å². The Kier molecular flexibility index (Phi) is 18.7. The molecule has 1 saturated heterocycles. The summed E-state index contributed by atoms with van der Waals surface area (Å²) in [5, 5.41) is 73.4. The van der Waals surface area contributed by atoms with Gasteiger partial charge in [-0.25, -0.2) is 0 Å². The molecule has 4 atom stereocenters. The van der Waals surface area contributed by atoms with Crippen molar-refractivity contribution in [3.63, 3.8) is 0 Å². The number of nitrogens with zero attached hydrogens (tertiary/aromatic N) is 3. The lowest BCUT2D eigenvalue weighted by Gasteiger charge is -2.26. The number of rotatable bonds is 14. The van der Waals surface area contributed by atoms with Crippen molar-refractivity contribution in [1.29, 1.82) is 0 Å². The van der Waals surface area contributed by atoms with Crippen molar-refractivity contribution in [2.75, 3.05) is 32.7 Å². The Morgan fingerprint density at radius 3 is 1.29 bits per heavy atom. The van der Waals surface area contributed by atoms with Crippen LogP contribution in [0.5, 0.6) is 0 Å². The molecule has 0 radical (unpaired) electrons. The lowest BCUT2D eigenvalue weighted by Crippen LogP contribution is -2.58. The molecule has 12 N–H and O–H groups in total. The van der Waals surface area contributed by atoms with Gasteiger partial charge in [-0.2, -0.15) is 0 Å². The fourth-order valence-corrected chi connectivity index (χ4v) is 5.30. The molecule has 0 aromatic heterocycles. The molecule has 304 valence electrons. The van der Waals surface area contributed by atoms with E-state index in [1.54, 1.807) is 30.3 Å². The maximum Gasteiger partial charge on any atom is 0.379 e. The van der Waals surface area contributed by atoms with Crippen molar-refractivity contribution in [2.45, 2.75) is 89.9 Å². The highest BCUT2D eigenvalue weighted by Crippen LogP contribution is 2.08. The molecule has 0 bridgehead atoms. The van der Waals surface area contributed by atoms with E-state index in [9.17, 15) is 59.7 Å². The number of hydrogen-bond donors (Lipinski definition) is 12. The maximum atomic E-state index is 13.8. The third-order valence-corrected chi connectivity index (χ3v) is 8.41. The minimum absolute atomic E-state index is 0.0148. The van der Waals surface area contributed by atoms with E-state index in [0.29, 0.717) is 19.8 Å². The Morgan fingerprint density at radius 1 is 0.545 bits per heavy atom. The van der Waals surface area contributed by atoms with Crippen LogP contribution in [-0.2, 0) is 35.2 Å². The quantitative estimate of drug-likeness (QED) is 0.0318. The Balaban J connectivity index is 2.50. The summed E-state index contributed by atoms with van der Waals surface area (Å²) in [6.45, 7) is 1.97. The van der Waals surface area contributed by atoms with Gasteiger partial charge in [-0.3, -0.25) is 44.4 Å². The molecule has 21 nitrogen and oxygen atoms in total. The first-order valence-corrected chi connectivity index (χ1v) is 17.7. The minimum Gasteiger partial charge on any atom is -0.461 e. The highest BCUT2D eigenvalue weighted by Gasteiger charge is 2.32. The van der Waals surface area contributed by atoms with Crippen LogP contribution < -0.4 is 31.9 Å². The summed E-state index contributed by atoms with van der Waals surface area (Å²) in [6.07, 6.45) is -0.269. The average Bonchev–Trinajstić information content (AvgIpc) is 3.13. The molecule has 0 aliphatic carbocycles. The number of hydrogen-bond acceptors (Lipinski definition) is 9. The Bertz CT molecular complexity index is 1580. The van der Waals surface area contributed by atoms with Gasteiger partial charge in [-0.1, -0.05) is 30.3 Å². The van der Waals surface area contributed by atoms with Crippen LogP contribution in [0, 0.1) is 0 Å². The van der Waals surface area contributed by atoms with E-state index in [2.05, 4.69) is 31.9 Å². The normalized spacial score (nSPS) is 22.2. The number of aliphatic hydroxyl groups is 3. The van der Waals surface area contributed by atoms with Crippen LogP contribution in [-0.4, -0.2) is 155 Å². The predicted octanol–water partition coefficient (Wildman–Crippen LogP) is -2.11. The first-order valence-electron chi connectivity index (χ1n) is 17.7. The number of hydroxylamine groups is 3. The van der Waals surface area contributed by atoms with Gasteiger partial charge in [0.2, 0.25) is 35.4 Å². The van der Waals surface area contributed by atoms with E-state index in [0.717, 1.165) is 0 Å². The standard InChI is InChI=1S/C34H51N9O12/c1-21(44)41(53)15-7-12-25-31(49)35-20-30(48)38-28(18-24-10-5-4-6-11-24)32(50)36-19-29(47)37-26(13-8-16-42(54)22(2)45)33(51)40-27(34(52)39-25)14-9-17-43(55)23(3)46/h4-6,10-11,25-28,53-55H,7-9,12-20H2,1-3H3,(H6,35,36,37,38,39,40,47,48,49,50,51,52)/p+3/t25-,26-,27?,28+/m0/s1. The van der Waals surface area contributed by atoms with Gasteiger partial charge in [0.1, 0.15) is 24.2 Å². The Hall–Kier alpha value is -6.15. The molecule has 1 aliphatic heterocycles. The number of amides is 6. The first-order chi connectivity index (χ1) is 26.0. The van der Waals surface area contributed by atoms with Crippen molar-refractivity contribution in [3.8, 4) is 0 Å². The lowest BCUT2D eigenvalue weighted by molar-refractivity contribution is -0.779. The number of nitrogens with one attached hydrogen (secondary N) is 6. The van der Waals surface area contributed by atoms with E-state index in [1.807, 2.05) is 0 Å². The zero-order valence-electron chi connectivity index (χ0n) is 31.2. The molecule has 1 unspecified atom stereocenters. The van der Waals surface area contributed by atoms with Crippen LogP contribution in [0.25, 0.3) is 0 Å². The number of carbonyl (C=O) groups is 6. The van der Waals surface area contributed by atoms with E-state index in [1.165, 1.54) is 20.8 Å².